The number of benzene rings is 1. The van der Waals surface area contributed by atoms with Crippen LogP contribution in [0.3, 0.4) is 0 Å². The van der Waals surface area contributed by atoms with E-state index < -0.39 is 24.0 Å². The highest BCUT2D eigenvalue weighted by Gasteiger charge is 2.22. The summed E-state index contributed by atoms with van der Waals surface area (Å²) in [4.78, 5) is 23.2. The highest BCUT2D eigenvalue weighted by Crippen LogP contribution is 2.14. The van der Waals surface area contributed by atoms with Gasteiger partial charge < -0.3 is 19.9 Å². The van der Waals surface area contributed by atoms with Gasteiger partial charge in [-0.1, -0.05) is 31.9 Å². The molecule has 0 radical (unpaired) electrons. The van der Waals surface area contributed by atoms with Crippen molar-refractivity contribution in [2.75, 3.05) is 7.11 Å². The van der Waals surface area contributed by atoms with Crippen LogP contribution in [0.25, 0.3) is 0 Å². The third kappa shape index (κ3) is 6.69. The summed E-state index contributed by atoms with van der Waals surface area (Å²) in [6.45, 7) is 3.83. The molecule has 6 nitrogen and oxygen atoms in total. The number of carboxylic acid groups (broad SMARTS) is 1. The van der Waals surface area contributed by atoms with E-state index in [4.69, 9.17) is 14.6 Å². The molecule has 1 unspecified atom stereocenters. The molecule has 128 valence electrons. The molecule has 2 N–H and O–H groups in total. The van der Waals surface area contributed by atoms with Crippen LogP contribution in [-0.2, 0) is 20.9 Å². The number of nitrogens with one attached hydrogen (secondary N) is 1. The molecule has 1 amide bonds. The number of carbonyl (C=O) groups excluding carboxylic acids is 1. The van der Waals surface area contributed by atoms with Gasteiger partial charge in [0.15, 0.2) is 0 Å². The lowest BCUT2D eigenvalue weighted by molar-refractivity contribution is -0.144. The Morgan fingerprint density at radius 3 is 2.70 bits per heavy atom. The van der Waals surface area contributed by atoms with Gasteiger partial charge in [0.05, 0.1) is 13.7 Å². The summed E-state index contributed by atoms with van der Waals surface area (Å²) in [5.74, 6) is -0.725. The first-order valence-corrected chi connectivity index (χ1v) is 7.75. The molecule has 0 aliphatic carbocycles. The Hall–Kier alpha value is -2.08. The van der Waals surface area contributed by atoms with Gasteiger partial charge in [0.2, 0.25) is 5.91 Å². The third-order valence-electron chi connectivity index (χ3n) is 3.46. The average molecular weight is 323 g/mol. The Morgan fingerprint density at radius 1 is 1.35 bits per heavy atom. The third-order valence-corrected chi connectivity index (χ3v) is 3.46. The maximum absolute atomic E-state index is 12.0. The van der Waals surface area contributed by atoms with Crippen LogP contribution in [-0.4, -0.2) is 36.2 Å². The van der Waals surface area contributed by atoms with Crippen molar-refractivity contribution >= 4 is 11.9 Å². The Balaban J connectivity index is 2.50. The number of amides is 1. The zero-order chi connectivity index (χ0) is 17.2. The first-order valence-electron chi connectivity index (χ1n) is 7.75. The summed E-state index contributed by atoms with van der Waals surface area (Å²) in [6.07, 6.45) is 1.31. The van der Waals surface area contributed by atoms with Gasteiger partial charge >= 0.3 is 5.97 Å². The van der Waals surface area contributed by atoms with Crippen LogP contribution >= 0.6 is 0 Å². The van der Waals surface area contributed by atoms with E-state index in [0.717, 1.165) is 18.4 Å². The Bertz CT molecular complexity index is 517. The van der Waals surface area contributed by atoms with Crippen LogP contribution in [0, 0.1) is 0 Å². The van der Waals surface area contributed by atoms with E-state index in [0.29, 0.717) is 12.2 Å². The van der Waals surface area contributed by atoms with Crippen LogP contribution in [0.1, 0.15) is 38.7 Å². The standard InChI is InChI=1S/C17H25NO5/c1-4-5-9-15(17(20)21)18-16(19)12(2)23-11-13-7-6-8-14(10-13)22-3/h6-8,10,12,15H,4-5,9,11H2,1-3H3,(H,18,19)(H,20,21)/t12?,15-/m0/s1. The largest absolute Gasteiger partial charge is 0.497 e. The number of methoxy groups -OCH3 is 1. The topological polar surface area (TPSA) is 84.9 Å². The molecule has 1 aromatic carbocycles. The number of ether oxygens (including phenoxy) is 2. The van der Waals surface area contributed by atoms with Crippen molar-refractivity contribution in [1.29, 1.82) is 0 Å². The van der Waals surface area contributed by atoms with E-state index in [1.807, 2.05) is 31.2 Å². The molecule has 0 bridgehead atoms. The second-order valence-corrected chi connectivity index (χ2v) is 5.35. The van der Waals surface area contributed by atoms with E-state index in [-0.39, 0.29) is 6.61 Å². The summed E-state index contributed by atoms with van der Waals surface area (Å²) in [6, 6.07) is 6.49. The Kier molecular flexibility index (Phi) is 8.11. The van der Waals surface area contributed by atoms with Gasteiger partial charge in [0.1, 0.15) is 17.9 Å². The molecule has 0 aromatic heterocycles. The SMILES string of the molecule is CCCC[C@H](NC(=O)C(C)OCc1cccc(OC)c1)C(=O)O. The van der Waals surface area contributed by atoms with Gasteiger partial charge in [-0.05, 0) is 31.0 Å². The zero-order valence-electron chi connectivity index (χ0n) is 13.9. The van der Waals surface area contributed by atoms with Crippen LogP contribution in [0.15, 0.2) is 24.3 Å². The fraction of sp³-hybridized carbons (Fsp3) is 0.529. The molecular weight excluding hydrogens is 298 g/mol. The highest BCUT2D eigenvalue weighted by molar-refractivity contribution is 5.86. The van der Waals surface area contributed by atoms with Gasteiger partial charge in [-0.3, -0.25) is 4.79 Å². The van der Waals surface area contributed by atoms with Crippen molar-refractivity contribution in [1.82, 2.24) is 5.32 Å². The Morgan fingerprint density at radius 2 is 2.09 bits per heavy atom. The normalized spacial score (nSPS) is 13.2. The minimum Gasteiger partial charge on any atom is -0.497 e. The van der Waals surface area contributed by atoms with Gasteiger partial charge in [0, 0.05) is 0 Å². The highest BCUT2D eigenvalue weighted by atomic mass is 16.5. The predicted octanol–water partition coefficient (Wildman–Crippen LogP) is 2.36. The molecule has 0 aliphatic rings. The minimum absolute atomic E-state index is 0.248. The van der Waals surface area contributed by atoms with Crippen molar-refractivity contribution in [3.63, 3.8) is 0 Å². The van der Waals surface area contributed by atoms with Crippen LogP contribution in [0.5, 0.6) is 5.75 Å². The van der Waals surface area contributed by atoms with Gasteiger partial charge in [0.25, 0.3) is 0 Å². The number of hydrogen-bond donors (Lipinski definition) is 2. The smallest absolute Gasteiger partial charge is 0.326 e. The van der Waals surface area contributed by atoms with E-state index in [9.17, 15) is 9.59 Å². The first kappa shape index (κ1) is 19.0. The van der Waals surface area contributed by atoms with E-state index in [1.165, 1.54) is 0 Å². The number of aliphatic carboxylic acids is 1. The first-order chi connectivity index (χ1) is 11.0. The van der Waals surface area contributed by atoms with Crippen molar-refractivity contribution in [3.05, 3.63) is 29.8 Å². The summed E-state index contributed by atoms with van der Waals surface area (Å²) in [5.41, 5.74) is 0.879. The lowest BCUT2D eigenvalue weighted by Gasteiger charge is -2.18. The number of carboxylic acids is 1. The number of rotatable bonds is 10. The summed E-state index contributed by atoms with van der Waals surface area (Å²) < 4.78 is 10.6. The lowest BCUT2D eigenvalue weighted by Crippen LogP contribution is -2.45. The van der Waals surface area contributed by atoms with Gasteiger partial charge in [-0.15, -0.1) is 0 Å². The van der Waals surface area contributed by atoms with E-state index in [1.54, 1.807) is 14.0 Å². The maximum atomic E-state index is 12.0. The summed E-state index contributed by atoms with van der Waals surface area (Å²) >= 11 is 0. The molecule has 0 aliphatic heterocycles. The quantitative estimate of drug-likeness (QED) is 0.690. The maximum Gasteiger partial charge on any atom is 0.326 e. The molecule has 0 saturated heterocycles. The minimum atomic E-state index is -1.02. The zero-order valence-corrected chi connectivity index (χ0v) is 13.9. The monoisotopic (exact) mass is 323 g/mol. The number of hydrogen-bond acceptors (Lipinski definition) is 4. The van der Waals surface area contributed by atoms with Crippen molar-refractivity contribution < 1.29 is 24.2 Å². The fourth-order valence-corrected chi connectivity index (χ4v) is 2.01. The molecular formula is C17H25NO5. The van der Waals surface area contributed by atoms with Crippen LogP contribution < -0.4 is 10.1 Å². The predicted molar refractivity (Wildman–Crippen MR) is 86.3 cm³/mol. The van der Waals surface area contributed by atoms with Crippen molar-refractivity contribution in [2.45, 2.75) is 51.9 Å². The van der Waals surface area contributed by atoms with Crippen molar-refractivity contribution in [3.8, 4) is 5.75 Å². The summed E-state index contributed by atoms with van der Waals surface area (Å²) in [7, 11) is 1.58. The van der Waals surface area contributed by atoms with Gasteiger partial charge in [-0.2, -0.15) is 0 Å². The fourth-order valence-electron chi connectivity index (χ4n) is 2.01. The van der Waals surface area contributed by atoms with Crippen molar-refractivity contribution in [2.24, 2.45) is 0 Å². The molecule has 0 spiro atoms. The molecule has 0 heterocycles. The van der Waals surface area contributed by atoms with Crippen LogP contribution in [0.2, 0.25) is 0 Å². The molecule has 6 heteroatoms. The second kappa shape index (κ2) is 9.84. The Labute approximate surface area is 136 Å². The molecule has 1 aromatic rings. The van der Waals surface area contributed by atoms with Crippen LogP contribution in [0.4, 0.5) is 0 Å². The molecule has 2 atom stereocenters. The molecule has 23 heavy (non-hydrogen) atoms. The molecule has 0 saturated carbocycles. The molecule has 1 rings (SSSR count). The molecule has 0 fully saturated rings. The number of unbranched alkanes of at least 4 members (excludes halogenated alkanes) is 1. The average Bonchev–Trinajstić information content (AvgIpc) is 2.56. The lowest BCUT2D eigenvalue weighted by atomic mass is 10.1. The number of carbonyl (C=O) groups is 2. The van der Waals surface area contributed by atoms with Gasteiger partial charge in [-0.25, -0.2) is 4.79 Å². The van der Waals surface area contributed by atoms with E-state index >= 15 is 0 Å². The summed E-state index contributed by atoms with van der Waals surface area (Å²) in [5, 5.41) is 11.6. The second-order valence-electron chi connectivity index (χ2n) is 5.35. The van der Waals surface area contributed by atoms with E-state index in [2.05, 4.69) is 5.32 Å².